The fourth-order valence-electron chi connectivity index (χ4n) is 2.38. The van der Waals surface area contributed by atoms with Crippen molar-refractivity contribution in [3.8, 4) is 0 Å². The Morgan fingerprint density at radius 3 is 2.75 bits per heavy atom. The van der Waals surface area contributed by atoms with E-state index >= 15 is 0 Å². The van der Waals surface area contributed by atoms with Gasteiger partial charge in [-0.05, 0) is 48.9 Å². The van der Waals surface area contributed by atoms with Crippen molar-refractivity contribution < 1.29 is 8.42 Å². The molecule has 106 valence electrons. The molecule has 1 aromatic carbocycles. The second kappa shape index (κ2) is 5.29. The summed E-state index contributed by atoms with van der Waals surface area (Å²) in [5.41, 5.74) is 2.40. The van der Waals surface area contributed by atoms with Crippen LogP contribution in [0.2, 0.25) is 0 Å². The molecule has 0 bridgehead atoms. The SMILES string of the molecule is O=S(=O)(NCc1nn[nH]n1)c1ccc2c(c1)CCCC2. The van der Waals surface area contributed by atoms with Crippen LogP contribution in [0.1, 0.15) is 29.8 Å². The first-order valence-corrected chi connectivity index (χ1v) is 7.97. The smallest absolute Gasteiger partial charge is 0.207 e. The normalized spacial score (nSPS) is 15.0. The topological polar surface area (TPSA) is 101 Å². The molecule has 20 heavy (non-hydrogen) atoms. The van der Waals surface area contributed by atoms with E-state index in [1.54, 1.807) is 12.1 Å². The number of tetrazole rings is 1. The van der Waals surface area contributed by atoms with Crippen LogP contribution in [0, 0.1) is 0 Å². The van der Waals surface area contributed by atoms with Gasteiger partial charge in [0.1, 0.15) is 0 Å². The molecule has 1 aliphatic rings. The fourth-order valence-corrected chi connectivity index (χ4v) is 3.41. The fraction of sp³-hybridized carbons (Fsp3) is 0.417. The number of fused-ring (bicyclic) bond motifs is 1. The van der Waals surface area contributed by atoms with Gasteiger partial charge in [-0.15, -0.1) is 10.2 Å². The van der Waals surface area contributed by atoms with Gasteiger partial charge in [-0.2, -0.15) is 5.21 Å². The van der Waals surface area contributed by atoms with Crippen molar-refractivity contribution in [1.82, 2.24) is 25.3 Å². The van der Waals surface area contributed by atoms with Gasteiger partial charge in [-0.25, -0.2) is 13.1 Å². The summed E-state index contributed by atoms with van der Waals surface area (Å²) in [6, 6.07) is 5.34. The zero-order valence-electron chi connectivity index (χ0n) is 10.8. The number of sulfonamides is 1. The molecular weight excluding hydrogens is 278 g/mol. The number of hydrogen-bond donors (Lipinski definition) is 2. The van der Waals surface area contributed by atoms with Crippen LogP contribution in [-0.4, -0.2) is 29.0 Å². The Bertz CT molecular complexity index is 697. The Kier molecular flexibility index (Phi) is 3.49. The largest absolute Gasteiger partial charge is 0.240 e. The zero-order chi connectivity index (χ0) is 14.0. The van der Waals surface area contributed by atoms with E-state index in [1.807, 2.05) is 6.07 Å². The first-order chi connectivity index (χ1) is 9.65. The lowest BCUT2D eigenvalue weighted by atomic mass is 9.92. The van der Waals surface area contributed by atoms with Gasteiger partial charge in [0.05, 0.1) is 11.4 Å². The van der Waals surface area contributed by atoms with Crippen LogP contribution in [0.5, 0.6) is 0 Å². The second-order valence-corrected chi connectivity index (χ2v) is 6.56. The first kappa shape index (κ1) is 13.2. The van der Waals surface area contributed by atoms with E-state index in [1.165, 1.54) is 12.0 Å². The van der Waals surface area contributed by atoms with Gasteiger partial charge in [-0.3, -0.25) is 0 Å². The molecule has 0 unspecified atom stereocenters. The van der Waals surface area contributed by atoms with Crippen molar-refractivity contribution >= 4 is 10.0 Å². The highest BCUT2D eigenvalue weighted by Crippen LogP contribution is 2.24. The lowest BCUT2D eigenvalue weighted by Gasteiger charge is -2.16. The average Bonchev–Trinajstić information content (AvgIpc) is 2.98. The summed E-state index contributed by atoms with van der Waals surface area (Å²) in [4.78, 5) is 0.293. The molecule has 7 nitrogen and oxygen atoms in total. The summed E-state index contributed by atoms with van der Waals surface area (Å²) < 4.78 is 26.9. The predicted molar refractivity (Wildman–Crippen MR) is 71.3 cm³/mol. The van der Waals surface area contributed by atoms with Crippen molar-refractivity contribution in [2.75, 3.05) is 0 Å². The number of aryl methyl sites for hydroxylation is 2. The van der Waals surface area contributed by atoms with Gasteiger partial charge < -0.3 is 0 Å². The van der Waals surface area contributed by atoms with Crippen molar-refractivity contribution in [2.45, 2.75) is 37.1 Å². The highest BCUT2D eigenvalue weighted by Gasteiger charge is 2.18. The number of benzene rings is 1. The molecule has 0 aliphatic heterocycles. The quantitative estimate of drug-likeness (QED) is 0.857. The molecule has 0 saturated heterocycles. The molecule has 1 heterocycles. The van der Waals surface area contributed by atoms with E-state index in [-0.39, 0.29) is 6.54 Å². The number of aromatic nitrogens is 4. The number of nitrogens with one attached hydrogen (secondary N) is 2. The molecule has 0 fully saturated rings. The molecule has 0 spiro atoms. The number of H-pyrrole nitrogens is 1. The number of hydrogen-bond acceptors (Lipinski definition) is 5. The summed E-state index contributed by atoms with van der Waals surface area (Å²) in [5, 5.41) is 13.1. The van der Waals surface area contributed by atoms with Gasteiger partial charge in [0.25, 0.3) is 0 Å². The van der Waals surface area contributed by atoms with Crippen LogP contribution in [0.15, 0.2) is 23.1 Å². The Hall–Kier alpha value is -1.80. The highest BCUT2D eigenvalue weighted by atomic mass is 32.2. The van der Waals surface area contributed by atoms with Crippen LogP contribution in [-0.2, 0) is 29.4 Å². The molecule has 0 saturated carbocycles. The molecule has 0 atom stereocenters. The van der Waals surface area contributed by atoms with Crippen LogP contribution >= 0.6 is 0 Å². The van der Waals surface area contributed by atoms with Crippen LogP contribution < -0.4 is 4.72 Å². The van der Waals surface area contributed by atoms with Gasteiger partial charge in [0, 0.05) is 0 Å². The molecule has 3 rings (SSSR count). The minimum Gasteiger partial charge on any atom is -0.207 e. The van der Waals surface area contributed by atoms with Gasteiger partial charge in [0.2, 0.25) is 10.0 Å². The summed E-state index contributed by atoms with van der Waals surface area (Å²) in [6.07, 6.45) is 4.28. The minimum atomic E-state index is -3.54. The lowest BCUT2D eigenvalue weighted by molar-refractivity contribution is 0.578. The lowest BCUT2D eigenvalue weighted by Crippen LogP contribution is -2.24. The summed E-state index contributed by atoms with van der Waals surface area (Å²) in [7, 11) is -3.54. The van der Waals surface area contributed by atoms with Crippen LogP contribution in [0.3, 0.4) is 0 Å². The molecule has 0 amide bonds. The minimum absolute atomic E-state index is 0.0237. The Labute approximate surface area is 116 Å². The molecule has 2 aromatic rings. The maximum atomic E-state index is 12.2. The van der Waals surface area contributed by atoms with Crippen LogP contribution in [0.4, 0.5) is 0 Å². The van der Waals surface area contributed by atoms with Crippen molar-refractivity contribution in [3.05, 3.63) is 35.2 Å². The Balaban J connectivity index is 1.80. The summed E-state index contributed by atoms with van der Waals surface area (Å²) >= 11 is 0. The van der Waals surface area contributed by atoms with Crippen molar-refractivity contribution in [2.24, 2.45) is 0 Å². The standard InChI is InChI=1S/C12H15N5O2S/c18-20(19,13-8-12-14-16-17-15-12)11-6-5-9-3-1-2-4-10(9)7-11/h5-7,13H,1-4,8H2,(H,14,15,16,17). The second-order valence-electron chi connectivity index (χ2n) is 4.79. The first-order valence-electron chi connectivity index (χ1n) is 6.49. The van der Waals surface area contributed by atoms with Gasteiger partial charge >= 0.3 is 0 Å². The van der Waals surface area contributed by atoms with Crippen LogP contribution in [0.25, 0.3) is 0 Å². The van der Waals surface area contributed by atoms with Crippen molar-refractivity contribution in [1.29, 1.82) is 0 Å². The zero-order valence-corrected chi connectivity index (χ0v) is 11.7. The van der Waals surface area contributed by atoms with Crippen molar-refractivity contribution in [3.63, 3.8) is 0 Å². The maximum Gasteiger partial charge on any atom is 0.240 e. The Morgan fingerprint density at radius 2 is 2.00 bits per heavy atom. The summed E-state index contributed by atoms with van der Waals surface area (Å²) in [6.45, 7) is 0.0237. The number of rotatable bonds is 4. The average molecular weight is 293 g/mol. The molecular formula is C12H15N5O2S. The van der Waals surface area contributed by atoms with E-state index in [4.69, 9.17) is 0 Å². The third kappa shape index (κ3) is 2.70. The van der Waals surface area contributed by atoms with E-state index in [2.05, 4.69) is 25.3 Å². The third-order valence-corrected chi connectivity index (χ3v) is 4.84. The van der Waals surface area contributed by atoms with Gasteiger partial charge in [-0.1, -0.05) is 11.3 Å². The van der Waals surface area contributed by atoms with E-state index in [9.17, 15) is 8.42 Å². The molecule has 1 aromatic heterocycles. The third-order valence-electron chi connectivity index (χ3n) is 3.44. The molecule has 0 radical (unpaired) electrons. The molecule has 1 aliphatic carbocycles. The van der Waals surface area contributed by atoms with E-state index in [0.29, 0.717) is 10.7 Å². The monoisotopic (exact) mass is 293 g/mol. The number of aromatic amines is 1. The molecule has 8 heteroatoms. The maximum absolute atomic E-state index is 12.2. The number of nitrogens with zero attached hydrogens (tertiary/aromatic N) is 3. The van der Waals surface area contributed by atoms with Gasteiger partial charge in [0.15, 0.2) is 5.82 Å². The predicted octanol–water partition coefficient (Wildman–Crippen LogP) is 0.557. The van der Waals surface area contributed by atoms with E-state index in [0.717, 1.165) is 24.8 Å². The van der Waals surface area contributed by atoms with E-state index < -0.39 is 10.0 Å². The Morgan fingerprint density at radius 1 is 1.20 bits per heavy atom. The molecule has 2 N–H and O–H groups in total. The highest BCUT2D eigenvalue weighted by molar-refractivity contribution is 7.89. The summed E-state index contributed by atoms with van der Waals surface area (Å²) in [5.74, 6) is 0.312.